The van der Waals surface area contributed by atoms with E-state index in [0.717, 1.165) is 6.07 Å². The van der Waals surface area contributed by atoms with Gasteiger partial charge in [0.1, 0.15) is 22.9 Å². The van der Waals surface area contributed by atoms with Crippen LogP contribution in [0.2, 0.25) is 5.02 Å². The molecule has 4 heterocycles. The van der Waals surface area contributed by atoms with Gasteiger partial charge in [-0.25, -0.2) is 13.8 Å². The van der Waals surface area contributed by atoms with E-state index in [-0.39, 0.29) is 33.0 Å². The number of phenolic OH excluding ortho intramolecular Hbond substituents is 1. The highest BCUT2D eigenvalue weighted by molar-refractivity contribution is 6.34. The van der Waals surface area contributed by atoms with Crippen molar-refractivity contribution >= 4 is 40.2 Å². The molecule has 0 unspecified atom stereocenters. The minimum Gasteiger partial charge on any atom is -0.507 e. The molecule has 3 aliphatic heterocycles. The fraction of sp³-hybridized carbons (Fsp3) is 0.370. The molecule has 38 heavy (non-hydrogen) atoms. The Hall–Kier alpha value is -3.50. The van der Waals surface area contributed by atoms with Crippen LogP contribution in [0.25, 0.3) is 22.0 Å². The molecule has 6 rings (SSSR count). The quantitative estimate of drug-likeness (QED) is 0.496. The molecule has 0 atom stereocenters. The molecule has 0 bridgehead atoms. The first-order valence-electron chi connectivity index (χ1n) is 12.4. The van der Waals surface area contributed by atoms with Crippen molar-refractivity contribution in [1.29, 1.82) is 0 Å². The summed E-state index contributed by atoms with van der Waals surface area (Å²) in [6.07, 6.45) is 1.32. The van der Waals surface area contributed by atoms with Gasteiger partial charge in [-0.15, -0.1) is 0 Å². The zero-order chi connectivity index (χ0) is 26.9. The molecule has 11 heteroatoms. The Morgan fingerprint density at radius 3 is 2.50 bits per heavy atom. The summed E-state index contributed by atoms with van der Waals surface area (Å²) in [6.45, 7) is 7.49. The van der Waals surface area contributed by atoms with Gasteiger partial charge in [-0.2, -0.15) is 4.98 Å². The Morgan fingerprint density at radius 2 is 1.87 bits per heavy atom. The second kappa shape index (κ2) is 8.78. The first-order valence-corrected chi connectivity index (χ1v) is 12.7. The highest BCUT2D eigenvalue weighted by Gasteiger charge is 2.53. The number of aromatic nitrogens is 2. The minimum atomic E-state index is -0.816. The van der Waals surface area contributed by atoms with E-state index in [1.165, 1.54) is 18.2 Å². The van der Waals surface area contributed by atoms with Gasteiger partial charge in [-0.1, -0.05) is 24.2 Å². The number of benzene rings is 2. The number of amides is 1. The number of likely N-dealkylation sites (N-methyl/N-ethyl adjacent to an activating group) is 1. The van der Waals surface area contributed by atoms with Crippen molar-refractivity contribution in [2.24, 2.45) is 5.41 Å². The van der Waals surface area contributed by atoms with Crippen LogP contribution in [0, 0.1) is 17.0 Å². The number of halogens is 3. The molecule has 0 aliphatic carbocycles. The number of aromatic hydroxyl groups is 1. The maximum absolute atomic E-state index is 16.2. The van der Waals surface area contributed by atoms with Gasteiger partial charge in [-0.05, 0) is 38.4 Å². The van der Waals surface area contributed by atoms with E-state index >= 15 is 4.39 Å². The molecule has 1 aromatic heterocycles. The third-order valence-electron chi connectivity index (χ3n) is 7.86. The summed E-state index contributed by atoms with van der Waals surface area (Å²) in [6, 6.07) is 5.64. The van der Waals surface area contributed by atoms with E-state index in [0.29, 0.717) is 62.5 Å². The number of nitrogens with zero attached hydrogens (tertiary/aromatic N) is 6. The third-order valence-corrected chi connectivity index (χ3v) is 8.16. The van der Waals surface area contributed by atoms with Gasteiger partial charge < -0.3 is 24.7 Å². The van der Waals surface area contributed by atoms with Gasteiger partial charge in [-0.3, -0.25) is 4.79 Å². The van der Waals surface area contributed by atoms with Gasteiger partial charge in [0.25, 0.3) is 0 Å². The van der Waals surface area contributed by atoms with Crippen LogP contribution in [0.4, 0.5) is 20.5 Å². The largest absolute Gasteiger partial charge is 0.507 e. The zero-order valence-corrected chi connectivity index (χ0v) is 21.8. The monoisotopic (exact) mass is 540 g/mol. The molecule has 1 amide bonds. The molecule has 0 radical (unpaired) electrons. The standard InChI is InChI=1S/C27H27ClF2N6O2/c1-4-20(38)35-11-27(12-35)13-36(14-27)25-16-8-17(28)21(22-18(29)6-5-7-19(22)37)23(30)24(16)31-26(32-25)34-9-15(10-34)33(2)3/h4-8,15,37H,1,9-14H2,2-3H3. The number of phenols is 1. The number of hydrogen-bond donors (Lipinski definition) is 1. The Bertz CT molecular complexity index is 1460. The van der Waals surface area contributed by atoms with Crippen LogP contribution >= 0.6 is 11.6 Å². The summed E-state index contributed by atoms with van der Waals surface area (Å²) in [7, 11) is 4.00. The smallest absolute Gasteiger partial charge is 0.245 e. The van der Waals surface area contributed by atoms with E-state index < -0.39 is 17.4 Å². The van der Waals surface area contributed by atoms with E-state index in [4.69, 9.17) is 16.6 Å². The van der Waals surface area contributed by atoms with Crippen molar-refractivity contribution in [1.82, 2.24) is 19.8 Å². The molecule has 8 nitrogen and oxygen atoms in total. The van der Waals surface area contributed by atoms with E-state index in [2.05, 4.69) is 16.5 Å². The molecular weight excluding hydrogens is 514 g/mol. The van der Waals surface area contributed by atoms with Crippen LogP contribution in [0.5, 0.6) is 5.75 Å². The van der Waals surface area contributed by atoms with E-state index in [9.17, 15) is 14.3 Å². The predicted octanol–water partition coefficient (Wildman–Crippen LogP) is 3.52. The molecule has 0 saturated carbocycles. The number of fused-ring (bicyclic) bond motifs is 1. The summed E-state index contributed by atoms with van der Waals surface area (Å²) in [5, 5.41) is 10.7. The van der Waals surface area contributed by atoms with Crippen molar-refractivity contribution in [3.63, 3.8) is 0 Å². The lowest BCUT2D eigenvalue weighted by Gasteiger charge is -2.60. The average Bonchev–Trinajstić information content (AvgIpc) is 2.78. The van der Waals surface area contributed by atoms with Gasteiger partial charge in [0.15, 0.2) is 5.82 Å². The van der Waals surface area contributed by atoms with Crippen molar-refractivity contribution in [3.05, 3.63) is 53.6 Å². The summed E-state index contributed by atoms with van der Waals surface area (Å²) in [5.74, 6) is -1.18. The fourth-order valence-corrected chi connectivity index (χ4v) is 5.93. The van der Waals surface area contributed by atoms with Gasteiger partial charge in [0, 0.05) is 61.7 Å². The number of carbonyl (C=O) groups excluding carboxylic acids is 1. The Labute approximate surface area is 223 Å². The molecule has 3 aromatic rings. The van der Waals surface area contributed by atoms with Crippen molar-refractivity contribution in [3.8, 4) is 16.9 Å². The molecular formula is C27H27ClF2N6O2. The van der Waals surface area contributed by atoms with E-state index in [1.54, 1.807) is 11.0 Å². The summed E-state index contributed by atoms with van der Waals surface area (Å²) < 4.78 is 30.9. The van der Waals surface area contributed by atoms with Crippen LogP contribution in [0.15, 0.2) is 36.9 Å². The second-order valence-electron chi connectivity index (χ2n) is 10.7. The summed E-state index contributed by atoms with van der Waals surface area (Å²) in [4.78, 5) is 29.2. The molecule has 3 aliphatic rings. The maximum Gasteiger partial charge on any atom is 0.245 e. The maximum atomic E-state index is 16.2. The van der Waals surface area contributed by atoms with Gasteiger partial charge in [0.2, 0.25) is 11.9 Å². The number of likely N-dealkylation sites (tertiary alicyclic amines) is 1. The van der Waals surface area contributed by atoms with Crippen LogP contribution in [-0.2, 0) is 4.79 Å². The van der Waals surface area contributed by atoms with Crippen molar-refractivity contribution < 1.29 is 18.7 Å². The highest BCUT2D eigenvalue weighted by Crippen LogP contribution is 2.46. The number of anilines is 2. The normalized spacial score (nSPS) is 18.5. The molecule has 1 N–H and O–H groups in total. The van der Waals surface area contributed by atoms with Gasteiger partial charge >= 0.3 is 0 Å². The Balaban J connectivity index is 1.42. The van der Waals surface area contributed by atoms with Crippen LogP contribution < -0.4 is 9.80 Å². The number of carbonyl (C=O) groups is 1. The lowest BCUT2D eigenvalue weighted by atomic mass is 9.72. The van der Waals surface area contributed by atoms with Gasteiger partial charge in [0.05, 0.1) is 10.6 Å². The number of hydrogen-bond acceptors (Lipinski definition) is 7. The molecule has 1 spiro atoms. The third kappa shape index (κ3) is 3.77. The Kier molecular flexibility index (Phi) is 5.73. The number of rotatable bonds is 5. The zero-order valence-electron chi connectivity index (χ0n) is 21.1. The highest BCUT2D eigenvalue weighted by atomic mass is 35.5. The van der Waals surface area contributed by atoms with Crippen molar-refractivity contribution in [2.45, 2.75) is 6.04 Å². The van der Waals surface area contributed by atoms with Crippen LogP contribution in [-0.4, -0.2) is 90.2 Å². The first kappa shape index (κ1) is 24.8. The molecule has 2 aromatic carbocycles. The predicted molar refractivity (Wildman–Crippen MR) is 143 cm³/mol. The summed E-state index contributed by atoms with van der Waals surface area (Å²) >= 11 is 6.52. The molecule has 198 valence electrons. The van der Waals surface area contributed by atoms with Crippen LogP contribution in [0.3, 0.4) is 0 Å². The SMILES string of the molecule is C=CC(=O)N1CC2(C1)CN(c1nc(N3CC(N(C)C)C3)nc3c(F)c(-c4c(O)cccc4F)c(Cl)cc13)C2. The summed E-state index contributed by atoms with van der Waals surface area (Å²) in [5.41, 5.74) is -0.569. The minimum absolute atomic E-state index is 0.0124. The molecule has 3 fully saturated rings. The first-order chi connectivity index (χ1) is 18.1. The molecule has 3 saturated heterocycles. The van der Waals surface area contributed by atoms with E-state index in [1.807, 2.05) is 23.9 Å². The van der Waals surface area contributed by atoms with Crippen LogP contribution in [0.1, 0.15) is 0 Å². The second-order valence-corrected chi connectivity index (χ2v) is 11.1. The lowest BCUT2D eigenvalue weighted by molar-refractivity contribution is -0.139. The van der Waals surface area contributed by atoms with Crippen molar-refractivity contribution in [2.75, 3.05) is 63.2 Å². The lowest BCUT2D eigenvalue weighted by Crippen LogP contribution is -2.73. The topological polar surface area (TPSA) is 76.0 Å². The fourth-order valence-electron chi connectivity index (χ4n) is 5.65. The average molecular weight is 541 g/mol. The Morgan fingerprint density at radius 1 is 1.16 bits per heavy atom.